The maximum Gasteiger partial charge on any atom is 0.408 e. The fourth-order valence-electron chi connectivity index (χ4n) is 3.46. The van der Waals surface area contributed by atoms with E-state index in [1.165, 1.54) is 0 Å². The third-order valence-corrected chi connectivity index (χ3v) is 5.54. The van der Waals surface area contributed by atoms with Crippen molar-refractivity contribution in [1.29, 1.82) is 0 Å². The molecule has 0 fully saturated rings. The number of alkyl carbamates (subject to hydrolysis) is 1. The lowest BCUT2D eigenvalue weighted by molar-refractivity contribution is -0.123. The van der Waals surface area contributed by atoms with Gasteiger partial charge in [0.25, 0.3) is 0 Å². The summed E-state index contributed by atoms with van der Waals surface area (Å²) in [5.74, 6) is -0.274. The number of H-pyrrole nitrogens is 1. The van der Waals surface area contributed by atoms with Gasteiger partial charge < -0.3 is 25.5 Å². The Morgan fingerprint density at radius 1 is 1.21 bits per heavy atom. The normalized spacial score (nSPS) is 16.0. The van der Waals surface area contributed by atoms with Crippen molar-refractivity contribution in [3.8, 4) is 5.75 Å². The van der Waals surface area contributed by atoms with E-state index < -0.39 is 12.1 Å². The number of carbonyl (C=O) groups excluding carboxylic acids is 2. The van der Waals surface area contributed by atoms with E-state index in [1.54, 1.807) is 30.5 Å². The summed E-state index contributed by atoms with van der Waals surface area (Å²) in [7, 11) is 0. The van der Waals surface area contributed by atoms with Gasteiger partial charge in [-0.25, -0.2) is 4.79 Å². The standard InChI is InChI=1S/C23H23BrN4O5/c24-21-10-17(33-28-21)12-26-22(30)20(27-23(31)32-13-14-4-2-1-3-5-14)8-15-11-25-19-7-6-16(29)9-18(15)19/h1-7,9-11,17,20,25,28-29H,8,12-13H2,(H,26,30)(H,27,31)/t17?,20-/m0/s1. The van der Waals surface area contributed by atoms with Gasteiger partial charge in [-0.1, -0.05) is 30.3 Å². The maximum atomic E-state index is 13.0. The summed E-state index contributed by atoms with van der Waals surface area (Å²) in [4.78, 5) is 33.8. The first-order valence-corrected chi connectivity index (χ1v) is 11.1. The number of phenolic OH excluding ortho intramolecular Hbond substituents is 1. The first-order valence-electron chi connectivity index (χ1n) is 10.3. The summed E-state index contributed by atoms with van der Waals surface area (Å²) < 4.78 is 5.98. The number of halogens is 1. The molecule has 1 aliphatic rings. The van der Waals surface area contributed by atoms with Crippen LogP contribution in [0.3, 0.4) is 0 Å². The summed E-state index contributed by atoms with van der Waals surface area (Å²) >= 11 is 3.27. The van der Waals surface area contributed by atoms with E-state index in [9.17, 15) is 14.7 Å². The molecule has 1 aromatic heterocycles. The molecular weight excluding hydrogens is 492 g/mol. The van der Waals surface area contributed by atoms with Gasteiger partial charge in [0.15, 0.2) is 0 Å². The number of aromatic hydroxyl groups is 1. The lowest BCUT2D eigenvalue weighted by Gasteiger charge is -2.19. The number of fused-ring (bicyclic) bond motifs is 1. The van der Waals surface area contributed by atoms with E-state index in [0.717, 1.165) is 22.0 Å². The highest BCUT2D eigenvalue weighted by molar-refractivity contribution is 9.11. The Morgan fingerprint density at radius 2 is 2.03 bits per heavy atom. The number of nitrogens with one attached hydrogen (secondary N) is 4. The number of aromatic nitrogens is 1. The van der Waals surface area contributed by atoms with Crippen LogP contribution in [0.1, 0.15) is 11.1 Å². The van der Waals surface area contributed by atoms with Gasteiger partial charge in [0, 0.05) is 23.5 Å². The number of amides is 2. The van der Waals surface area contributed by atoms with Crippen LogP contribution in [0.4, 0.5) is 4.79 Å². The zero-order chi connectivity index (χ0) is 23.2. The Balaban J connectivity index is 1.45. The number of hydrogen-bond donors (Lipinski definition) is 5. The summed E-state index contributed by atoms with van der Waals surface area (Å²) in [6.07, 6.45) is 2.67. The van der Waals surface area contributed by atoms with Crippen molar-refractivity contribution >= 4 is 38.8 Å². The first kappa shape index (κ1) is 22.7. The molecular formula is C23H23BrN4O5. The lowest BCUT2D eigenvalue weighted by Crippen LogP contribution is -2.49. The van der Waals surface area contributed by atoms with Gasteiger partial charge >= 0.3 is 6.09 Å². The maximum absolute atomic E-state index is 13.0. The summed E-state index contributed by atoms with van der Waals surface area (Å²) in [5.41, 5.74) is 5.08. The number of carbonyl (C=O) groups is 2. The van der Waals surface area contributed by atoms with Gasteiger partial charge in [0.05, 0.1) is 6.54 Å². The zero-order valence-electron chi connectivity index (χ0n) is 17.5. The number of rotatable bonds is 8. The van der Waals surface area contributed by atoms with Gasteiger partial charge in [0.1, 0.15) is 29.1 Å². The van der Waals surface area contributed by atoms with E-state index in [0.29, 0.717) is 4.61 Å². The third kappa shape index (κ3) is 6.05. The summed E-state index contributed by atoms with van der Waals surface area (Å²) in [6.45, 7) is 0.301. The van der Waals surface area contributed by atoms with E-state index in [2.05, 4.69) is 37.0 Å². The third-order valence-electron chi connectivity index (χ3n) is 5.11. The van der Waals surface area contributed by atoms with Crippen molar-refractivity contribution in [1.82, 2.24) is 21.1 Å². The smallest absolute Gasteiger partial charge is 0.408 e. The van der Waals surface area contributed by atoms with E-state index in [1.807, 2.05) is 30.3 Å². The second kappa shape index (κ2) is 10.4. The molecule has 9 nitrogen and oxygen atoms in total. The zero-order valence-corrected chi connectivity index (χ0v) is 19.1. The molecule has 33 heavy (non-hydrogen) atoms. The minimum absolute atomic E-state index is 0.0857. The highest BCUT2D eigenvalue weighted by Crippen LogP contribution is 2.24. The molecule has 2 atom stereocenters. The molecule has 3 aromatic rings. The van der Waals surface area contributed by atoms with Gasteiger partial charge in [0.2, 0.25) is 5.91 Å². The van der Waals surface area contributed by atoms with Crippen LogP contribution in [-0.2, 0) is 27.4 Å². The predicted molar refractivity (Wildman–Crippen MR) is 125 cm³/mol. The second-order valence-corrected chi connectivity index (χ2v) is 8.38. The van der Waals surface area contributed by atoms with Crippen molar-refractivity contribution in [2.45, 2.75) is 25.2 Å². The summed E-state index contributed by atoms with van der Waals surface area (Å²) in [6, 6.07) is 13.3. The van der Waals surface area contributed by atoms with Gasteiger partial charge in [-0.05, 0) is 51.3 Å². The molecule has 4 rings (SSSR count). The molecule has 0 aliphatic carbocycles. The lowest BCUT2D eigenvalue weighted by atomic mass is 10.0. The molecule has 2 aromatic carbocycles. The van der Waals surface area contributed by atoms with Gasteiger partial charge in [-0.15, -0.1) is 0 Å². The molecule has 2 heterocycles. The summed E-state index contributed by atoms with van der Waals surface area (Å²) in [5, 5.41) is 16.1. The predicted octanol–water partition coefficient (Wildman–Crippen LogP) is 2.97. The average molecular weight is 515 g/mol. The fraction of sp³-hybridized carbons (Fsp3) is 0.217. The van der Waals surface area contributed by atoms with E-state index >= 15 is 0 Å². The number of benzene rings is 2. The molecule has 0 radical (unpaired) electrons. The molecule has 1 unspecified atom stereocenters. The average Bonchev–Trinajstić information content (AvgIpc) is 3.42. The number of hydrogen-bond acceptors (Lipinski definition) is 6. The van der Waals surface area contributed by atoms with E-state index in [-0.39, 0.29) is 37.3 Å². The van der Waals surface area contributed by atoms with Crippen molar-refractivity contribution in [2.24, 2.45) is 0 Å². The van der Waals surface area contributed by atoms with Crippen LogP contribution in [0.15, 0.2) is 65.4 Å². The van der Waals surface area contributed by atoms with Crippen LogP contribution >= 0.6 is 15.9 Å². The Hall–Kier alpha value is -3.50. The quantitative estimate of drug-likeness (QED) is 0.294. The number of hydroxylamine groups is 1. The molecule has 1 aliphatic heterocycles. The Labute approximate surface area is 198 Å². The van der Waals surface area contributed by atoms with Crippen molar-refractivity contribution < 1.29 is 24.3 Å². The van der Waals surface area contributed by atoms with Crippen LogP contribution in [0, 0.1) is 0 Å². The van der Waals surface area contributed by atoms with Crippen LogP contribution in [-0.4, -0.2) is 40.8 Å². The molecule has 0 saturated carbocycles. The Kier molecular flexibility index (Phi) is 7.16. The van der Waals surface area contributed by atoms with Crippen LogP contribution in [0.5, 0.6) is 5.75 Å². The fourth-order valence-corrected chi connectivity index (χ4v) is 3.85. The van der Waals surface area contributed by atoms with Crippen LogP contribution < -0.4 is 16.1 Å². The number of ether oxygens (including phenoxy) is 1. The second-order valence-electron chi connectivity index (χ2n) is 7.52. The molecule has 0 spiro atoms. The molecule has 2 amide bonds. The molecule has 0 saturated heterocycles. The monoisotopic (exact) mass is 514 g/mol. The number of aromatic amines is 1. The molecule has 172 valence electrons. The van der Waals surface area contributed by atoms with E-state index in [4.69, 9.17) is 9.57 Å². The van der Waals surface area contributed by atoms with Gasteiger partial charge in [-0.2, -0.15) is 0 Å². The Morgan fingerprint density at radius 3 is 2.79 bits per heavy atom. The van der Waals surface area contributed by atoms with Crippen LogP contribution in [0.2, 0.25) is 0 Å². The topological polar surface area (TPSA) is 125 Å². The Bertz CT molecular complexity index is 1160. The molecule has 0 bridgehead atoms. The minimum atomic E-state index is -0.906. The molecule has 10 heteroatoms. The van der Waals surface area contributed by atoms with Gasteiger partial charge in [-0.3, -0.25) is 15.1 Å². The number of phenols is 1. The van der Waals surface area contributed by atoms with Crippen molar-refractivity contribution in [2.75, 3.05) is 6.54 Å². The van der Waals surface area contributed by atoms with Crippen LogP contribution in [0.25, 0.3) is 10.9 Å². The highest BCUT2D eigenvalue weighted by Gasteiger charge is 2.25. The SMILES string of the molecule is O=C(N[C@@H](Cc1c[nH]c2ccc(O)cc12)C(=O)NCC1C=C(Br)NO1)OCc1ccccc1. The minimum Gasteiger partial charge on any atom is -0.508 e. The highest BCUT2D eigenvalue weighted by atomic mass is 79.9. The first-order chi connectivity index (χ1) is 16.0. The largest absolute Gasteiger partial charge is 0.508 e. The molecule has 5 N–H and O–H groups in total. The van der Waals surface area contributed by atoms with Crippen molar-refractivity contribution in [3.05, 3.63) is 76.5 Å². The van der Waals surface area contributed by atoms with Crippen molar-refractivity contribution in [3.63, 3.8) is 0 Å².